The second-order valence-corrected chi connectivity index (χ2v) is 8.04. The molecule has 0 bridgehead atoms. The van der Waals surface area contributed by atoms with Crippen LogP contribution in [0.3, 0.4) is 0 Å². The number of hydrogen-bond donors (Lipinski definition) is 1. The lowest BCUT2D eigenvalue weighted by Crippen LogP contribution is -2.54. The first-order valence-corrected chi connectivity index (χ1v) is 10.8. The SMILES string of the molecule is COc1cc(/C=C2\C(=O)NC(=O)N(c3cccc(Br)c3)C2=O)ccc1OCc1ccccc1. The monoisotopic (exact) mass is 506 g/mol. The van der Waals surface area contributed by atoms with Crippen LogP contribution < -0.4 is 19.7 Å². The molecule has 0 spiro atoms. The van der Waals surface area contributed by atoms with Crippen LogP contribution in [0.2, 0.25) is 0 Å². The van der Waals surface area contributed by atoms with Crippen LogP contribution in [-0.2, 0) is 16.2 Å². The fourth-order valence-electron chi connectivity index (χ4n) is 3.30. The van der Waals surface area contributed by atoms with Crippen molar-refractivity contribution in [2.24, 2.45) is 0 Å². The maximum atomic E-state index is 13.0. The standard InChI is InChI=1S/C25H19BrN2O5/c1-32-22-13-17(10-11-21(22)33-15-16-6-3-2-4-7-16)12-20-23(29)27-25(31)28(24(20)30)19-9-5-8-18(26)14-19/h2-14H,15H2,1H3,(H,27,29,31)/b20-12+. The van der Waals surface area contributed by atoms with E-state index < -0.39 is 17.8 Å². The van der Waals surface area contributed by atoms with Gasteiger partial charge in [-0.05, 0) is 47.5 Å². The third-order valence-corrected chi connectivity index (χ3v) is 5.40. The van der Waals surface area contributed by atoms with Gasteiger partial charge in [0.25, 0.3) is 11.8 Å². The molecule has 166 valence electrons. The molecule has 1 aliphatic rings. The third-order valence-electron chi connectivity index (χ3n) is 4.90. The second kappa shape index (κ2) is 9.70. The van der Waals surface area contributed by atoms with Gasteiger partial charge in [-0.3, -0.25) is 14.9 Å². The van der Waals surface area contributed by atoms with E-state index in [0.29, 0.717) is 33.8 Å². The summed E-state index contributed by atoms with van der Waals surface area (Å²) in [5, 5.41) is 2.21. The molecule has 0 atom stereocenters. The predicted molar refractivity (Wildman–Crippen MR) is 127 cm³/mol. The molecular formula is C25H19BrN2O5. The fraction of sp³-hybridized carbons (Fsp3) is 0.0800. The van der Waals surface area contributed by atoms with Crippen LogP contribution in [0.15, 0.2) is 82.8 Å². The number of amides is 4. The number of urea groups is 1. The van der Waals surface area contributed by atoms with E-state index in [1.54, 1.807) is 42.5 Å². The maximum absolute atomic E-state index is 13.0. The summed E-state index contributed by atoms with van der Waals surface area (Å²) in [5.74, 6) is -0.512. The molecule has 0 aliphatic carbocycles. The van der Waals surface area contributed by atoms with E-state index in [2.05, 4.69) is 21.2 Å². The van der Waals surface area contributed by atoms with Crippen molar-refractivity contribution in [2.75, 3.05) is 12.0 Å². The number of anilines is 1. The minimum atomic E-state index is -0.803. The van der Waals surface area contributed by atoms with Crippen molar-refractivity contribution >= 4 is 45.5 Å². The Kier molecular flexibility index (Phi) is 6.55. The number of barbiturate groups is 1. The first-order valence-electron chi connectivity index (χ1n) is 9.98. The van der Waals surface area contributed by atoms with Crippen LogP contribution in [0.25, 0.3) is 6.08 Å². The number of rotatable bonds is 6. The van der Waals surface area contributed by atoms with E-state index in [1.807, 2.05) is 30.3 Å². The Hall–Kier alpha value is -3.91. The minimum Gasteiger partial charge on any atom is -0.493 e. The highest BCUT2D eigenvalue weighted by Crippen LogP contribution is 2.31. The van der Waals surface area contributed by atoms with Crippen LogP contribution >= 0.6 is 15.9 Å². The molecule has 4 amide bonds. The number of imide groups is 2. The summed E-state index contributed by atoms with van der Waals surface area (Å²) in [7, 11) is 1.51. The number of carbonyl (C=O) groups is 3. The molecule has 8 heteroatoms. The van der Waals surface area contributed by atoms with Gasteiger partial charge in [0, 0.05) is 4.47 Å². The number of halogens is 1. The highest BCUT2D eigenvalue weighted by molar-refractivity contribution is 9.10. The Bertz CT molecular complexity index is 1260. The Balaban J connectivity index is 1.60. The average molecular weight is 507 g/mol. The Morgan fingerprint density at radius 2 is 1.73 bits per heavy atom. The molecule has 0 radical (unpaired) electrons. The lowest BCUT2D eigenvalue weighted by Gasteiger charge is -2.26. The summed E-state index contributed by atoms with van der Waals surface area (Å²) in [4.78, 5) is 38.8. The number of carbonyl (C=O) groups excluding carboxylic acids is 3. The van der Waals surface area contributed by atoms with Crippen LogP contribution in [-0.4, -0.2) is 25.0 Å². The highest BCUT2D eigenvalue weighted by atomic mass is 79.9. The molecule has 0 aromatic heterocycles. The van der Waals surface area contributed by atoms with Gasteiger partial charge >= 0.3 is 6.03 Å². The van der Waals surface area contributed by atoms with Crippen molar-refractivity contribution in [3.8, 4) is 11.5 Å². The van der Waals surface area contributed by atoms with Crippen molar-refractivity contribution in [3.63, 3.8) is 0 Å². The lowest BCUT2D eigenvalue weighted by molar-refractivity contribution is -0.122. The molecule has 3 aromatic carbocycles. The fourth-order valence-corrected chi connectivity index (χ4v) is 3.69. The van der Waals surface area contributed by atoms with Gasteiger partial charge in [0.05, 0.1) is 12.8 Å². The lowest BCUT2D eigenvalue weighted by atomic mass is 10.1. The first-order chi connectivity index (χ1) is 16.0. The van der Waals surface area contributed by atoms with Gasteiger partial charge in [-0.15, -0.1) is 0 Å². The molecule has 1 aliphatic heterocycles. The molecule has 1 heterocycles. The zero-order valence-electron chi connectivity index (χ0n) is 17.6. The van der Waals surface area contributed by atoms with E-state index >= 15 is 0 Å². The molecule has 33 heavy (non-hydrogen) atoms. The number of nitrogens with zero attached hydrogens (tertiary/aromatic N) is 1. The zero-order valence-corrected chi connectivity index (χ0v) is 19.2. The molecule has 1 saturated heterocycles. The molecule has 3 aromatic rings. The molecular weight excluding hydrogens is 488 g/mol. The van der Waals surface area contributed by atoms with E-state index in [-0.39, 0.29) is 5.57 Å². The molecule has 1 fully saturated rings. The number of nitrogens with one attached hydrogen (secondary N) is 1. The number of benzene rings is 3. The largest absolute Gasteiger partial charge is 0.493 e. The number of ether oxygens (including phenoxy) is 2. The van der Waals surface area contributed by atoms with E-state index in [1.165, 1.54) is 13.2 Å². The Morgan fingerprint density at radius 3 is 2.45 bits per heavy atom. The summed E-state index contributed by atoms with van der Waals surface area (Å²) in [6.07, 6.45) is 1.42. The van der Waals surface area contributed by atoms with Crippen LogP contribution in [0.1, 0.15) is 11.1 Å². The normalized spacial score (nSPS) is 14.9. The second-order valence-electron chi connectivity index (χ2n) is 7.12. The van der Waals surface area contributed by atoms with Gasteiger partial charge in [0.15, 0.2) is 11.5 Å². The summed E-state index contributed by atoms with van der Waals surface area (Å²) in [5.41, 5.74) is 1.72. The number of methoxy groups -OCH3 is 1. The molecule has 0 saturated carbocycles. The maximum Gasteiger partial charge on any atom is 0.335 e. The molecule has 0 unspecified atom stereocenters. The summed E-state index contributed by atoms with van der Waals surface area (Å²) < 4.78 is 12.0. The summed E-state index contributed by atoms with van der Waals surface area (Å²) in [6.45, 7) is 0.363. The van der Waals surface area contributed by atoms with Crippen LogP contribution in [0, 0.1) is 0 Å². The predicted octanol–water partition coefficient (Wildman–Crippen LogP) is 4.70. The van der Waals surface area contributed by atoms with E-state index in [9.17, 15) is 14.4 Å². The van der Waals surface area contributed by atoms with E-state index in [0.717, 1.165) is 10.5 Å². The molecule has 7 nitrogen and oxygen atoms in total. The number of hydrogen-bond acceptors (Lipinski definition) is 5. The van der Waals surface area contributed by atoms with Crippen LogP contribution in [0.4, 0.5) is 10.5 Å². The Labute approximate surface area is 198 Å². The van der Waals surface area contributed by atoms with Gasteiger partial charge in [-0.25, -0.2) is 9.69 Å². The molecule has 1 N–H and O–H groups in total. The van der Waals surface area contributed by atoms with Crippen molar-refractivity contribution < 1.29 is 23.9 Å². The van der Waals surface area contributed by atoms with Gasteiger partial charge in [-0.1, -0.05) is 58.4 Å². The van der Waals surface area contributed by atoms with Crippen molar-refractivity contribution in [2.45, 2.75) is 6.61 Å². The zero-order chi connectivity index (χ0) is 23.4. The summed E-state index contributed by atoms with van der Waals surface area (Å²) >= 11 is 3.32. The molecule has 4 rings (SSSR count). The van der Waals surface area contributed by atoms with Gasteiger partial charge in [0.1, 0.15) is 12.2 Å². The third kappa shape index (κ3) is 4.96. The highest BCUT2D eigenvalue weighted by Gasteiger charge is 2.36. The van der Waals surface area contributed by atoms with E-state index in [4.69, 9.17) is 9.47 Å². The van der Waals surface area contributed by atoms with Crippen LogP contribution in [0.5, 0.6) is 11.5 Å². The topological polar surface area (TPSA) is 84.9 Å². The minimum absolute atomic E-state index is 0.172. The average Bonchev–Trinajstić information content (AvgIpc) is 2.81. The van der Waals surface area contributed by atoms with Crippen molar-refractivity contribution in [3.05, 3.63) is 94.0 Å². The first kappa shape index (κ1) is 22.3. The van der Waals surface area contributed by atoms with Crippen molar-refractivity contribution in [1.29, 1.82) is 0 Å². The Morgan fingerprint density at radius 1 is 0.939 bits per heavy atom. The quantitative estimate of drug-likeness (QED) is 0.386. The smallest absolute Gasteiger partial charge is 0.335 e. The van der Waals surface area contributed by atoms with Gasteiger partial charge < -0.3 is 9.47 Å². The summed E-state index contributed by atoms with van der Waals surface area (Å²) in [6, 6.07) is 20.7. The van der Waals surface area contributed by atoms with Crippen molar-refractivity contribution in [1.82, 2.24) is 5.32 Å². The van der Waals surface area contributed by atoms with Gasteiger partial charge in [0.2, 0.25) is 0 Å². The van der Waals surface area contributed by atoms with Gasteiger partial charge in [-0.2, -0.15) is 0 Å².